The highest BCUT2D eigenvalue weighted by atomic mass is 35.5. The molecule has 0 saturated carbocycles. The molecule has 0 bridgehead atoms. The largest absolute Gasteiger partial charge is 0.491 e. The Morgan fingerprint density at radius 2 is 1.97 bits per heavy atom. The van der Waals surface area contributed by atoms with Crippen LogP contribution in [-0.4, -0.2) is 25.7 Å². The quantitative estimate of drug-likeness (QED) is 0.537. The number of hydrogen-bond acceptors (Lipinski definition) is 4. The van der Waals surface area contributed by atoms with Gasteiger partial charge < -0.3 is 25.4 Å². The monoisotopic (exact) mass is 483 g/mol. The molecule has 176 valence electrons. The van der Waals surface area contributed by atoms with Crippen LogP contribution < -0.4 is 25.4 Å². The number of anilines is 1. The van der Waals surface area contributed by atoms with Crippen LogP contribution in [0.5, 0.6) is 11.5 Å². The summed E-state index contributed by atoms with van der Waals surface area (Å²) in [5, 5.41) is 7.82. The molecule has 7 nitrogen and oxygen atoms in total. The summed E-state index contributed by atoms with van der Waals surface area (Å²) in [7, 11) is 1.42. The molecule has 3 amide bonds. The summed E-state index contributed by atoms with van der Waals surface area (Å²) in [5.74, 6) is -0.0991. The summed E-state index contributed by atoms with van der Waals surface area (Å²) < 4.78 is 49.9. The van der Waals surface area contributed by atoms with Crippen molar-refractivity contribution in [2.45, 2.75) is 26.1 Å². The molecule has 0 aliphatic carbocycles. The minimum Gasteiger partial charge on any atom is -0.491 e. The van der Waals surface area contributed by atoms with Gasteiger partial charge in [0.05, 0.1) is 35.9 Å². The summed E-state index contributed by atoms with van der Waals surface area (Å²) >= 11 is 6.32. The van der Waals surface area contributed by atoms with Crippen molar-refractivity contribution in [3.05, 3.63) is 63.8 Å². The predicted octanol–water partition coefficient (Wildman–Crippen LogP) is 5.03. The summed E-state index contributed by atoms with van der Waals surface area (Å²) in [5.41, 5.74) is -0.198. The van der Waals surface area contributed by atoms with Crippen LogP contribution in [0.2, 0.25) is 5.02 Å². The molecular formula is C22H21ClF3N3O4. The van der Waals surface area contributed by atoms with Gasteiger partial charge in [0.15, 0.2) is 11.5 Å². The molecule has 2 aromatic rings. The van der Waals surface area contributed by atoms with Crippen molar-refractivity contribution in [3.8, 4) is 11.5 Å². The van der Waals surface area contributed by atoms with Crippen molar-refractivity contribution >= 4 is 29.2 Å². The molecule has 2 aromatic carbocycles. The van der Waals surface area contributed by atoms with E-state index in [1.54, 1.807) is 13.0 Å². The van der Waals surface area contributed by atoms with Crippen molar-refractivity contribution in [2.75, 3.05) is 19.0 Å². The number of allylic oxidation sites excluding steroid dienone is 1. The third-order valence-electron chi connectivity index (χ3n) is 4.83. The lowest BCUT2D eigenvalue weighted by Gasteiger charge is -2.29. The topological polar surface area (TPSA) is 88.7 Å². The Labute approximate surface area is 192 Å². The van der Waals surface area contributed by atoms with Gasteiger partial charge in [-0.25, -0.2) is 4.79 Å². The SMILES string of the molecule is CCOc1cc([C@H]2NC(=O)NC(C)=C2C(=O)Nc2cccc(C(F)(F)F)c2)cc(Cl)c1OC. The second-order valence-electron chi connectivity index (χ2n) is 7.07. The molecule has 1 aliphatic rings. The molecule has 0 aromatic heterocycles. The van der Waals surface area contributed by atoms with E-state index in [0.29, 0.717) is 17.9 Å². The van der Waals surface area contributed by atoms with E-state index in [0.717, 1.165) is 12.1 Å². The molecular weight excluding hydrogens is 463 g/mol. The number of carbonyl (C=O) groups is 2. The Balaban J connectivity index is 2.00. The Kier molecular flexibility index (Phi) is 7.06. The zero-order valence-electron chi connectivity index (χ0n) is 17.9. The fraction of sp³-hybridized carbons (Fsp3) is 0.273. The van der Waals surface area contributed by atoms with E-state index < -0.39 is 29.7 Å². The molecule has 3 N–H and O–H groups in total. The fourth-order valence-corrected chi connectivity index (χ4v) is 3.73. The first kappa shape index (κ1) is 24.2. The summed E-state index contributed by atoms with van der Waals surface area (Å²) in [6, 6.07) is 5.85. The van der Waals surface area contributed by atoms with Crippen molar-refractivity contribution in [2.24, 2.45) is 0 Å². The number of benzene rings is 2. The van der Waals surface area contributed by atoms with Gasteiger partial charge in [-0.1, -0.05) is 17.7 Å². The Morgan fingerprint density at radius 1 is 1.24 bits per heavy atom. The molecule has 11 heteroatoms. The Hall–Kier alpha value is -3.40. The lowest BCUT2D eigenvalue weighted by Crippen LogP contribution is -2.46. The number of nitrogens with one attached hydrogen (secondary N) is 3. The standard InChI is InChI=1S/C22H21ClF3N3O4/c1-4-33-16-9-12(8-15(23)19(16)32-3)18-17(11(2)27-21(31)29-18)20(30)28-14-7-5-6-13(10-14)22(24,25)26/h5-10,18H,4H2,1-3H3,(H,28,30)(H2,27,29,31)/t18-/m1/s1. The van der Waals surface area contributed by atoms with Crippen molar-refractivity contribution in [1.29, 1.82) is 0 Å². The maximum atomic E-state index is 13.1. The van der Waals surface area contributed by atoms with E-state index in [1.807, 2.05) is 0 Å². The third kappa shape index (κ3) is 5.33. The van der Waals surface area contributed by atoms with E-state index in [9.17, 15) is 22.8 Å². The van der Waals surface area contributed by atoms with Gasteiger partial charge >= 0.3 is 12.2 Å². The predicted molar refractivity (Wildman–Crippen MR) is 116 cm³/mol. The molecule has 1 aliphatic heterocycles. The van der Waals surface area contributed by atoms with Gasteiger partial charge in [0.25, 0.3) is 5.91 Å². The average Bonchev–Trinajstić information content (AvgIpc) is 2.72. The molecule has 1 heterocycles. The van der Waals surface area contributed by atoms with Crippen LogP contribution in [-0.2, 0) is 11.0 Å². The van der Waals surface area contributed by atoms with Crippen molar-refractivity contribution in [3.63, 3.8) is 0 Å². The highest BCUT2D eigenvalue weighted by Crippen LogP contribution is 2.40. The zero-order chi connectivity index (χ0) is 24.3. The van der Waals surface area contributed by atoms with Crippen molar-refractivity contribution in [1.82, 2.24) is 10.6 Å². The third-order valence-corrected chi connectivity index (χ3v) is 5.11. The lowest BCUT2D eigenvalue weighted by atomic mass is 9.94. The maximum absolute atomic E-state index is 13.1. The lowest BCUT2D eigenvalue weighted by molar-refractivity contribution is -0.137. The Bertz CT molecular complexity index is 1120. The van der Waals surface area contributed by atoms with Crippen molar-refractivity contribution < 1.29 is 32.2 Å². The number of methoxy groups -OCH3 is 1. The zero-order valence-corrected chi connectivity index (χ0v) is 18.6. The molecule has 0 fully saturated rings. The fourth-order valence-electron chi connectivity index (χ4n) is 3.43. The van der Waals surface area contributed by atoms with E-state index in [4.69, 9.17) is 21.1 Å². The molecule has 0 unspecified atom stereocenters. The van der Waals surface area contributed by atoms with E-state index in [2.05, 4.69) is 16.0 Å². The van der Waals surface area contributed by atoms with Gasteiger partial charge in [0.2, 0.25) is 0 Å². The minimum absolute atomic E-state index is 0.0476. The molecule has 0 radical (unpaired) electrons. The van der Waals surface area contributed by atoms with Crippen LogP contribution in [0, 0.1) is 0 Å². The molecule has 0 saturated heterocycles. The summed E-state index contributed by atoms with van der Waals surface area (Å²) in [6.07, 6.45) is -4.56. The molecule has 33 heavy (non-hydrogen) atoms. The summed E-state index contributed by atoms with van der Waals surface area (Å²) in [4.78, 5) is 25.3. The Morgan fingerprint density at radius 3 is 2.61 bits per heavy atom. The van der Waals surface area contributed by atoms with E-state index in [-0.39, 0.29) is 27.7 Å². The number of alkyl halides is 3. The van der Waals surface area contributed by atoms with E-state index in [1.165, 1.54) is 32.2 Å². The van der Waals surface area contributed by atoms with Gasteiger partial charge in [0, 0.05) is 11.4 Å². The number of halogens is 4. The molecule has 1 atom stereocenters. The first-order valence-corrected chi connectivity index (χ1v) is 10.2. The van der Waals surface area contributed by atoms with Gasteiger partial charge in [-0.05, 0) is 49.7 Å². The second-order valence-corrected chi connectivity index (χ2v) is 7.48. The minimum atomic E-state index is -4.56. The van der Waals surface area contributed by atoms with Gasteiger partial charge in [0.1, 0.15) is 0 Å². The van der Waals surface area contributed by atoms with Crippen LogP contribution in [0.3, 0.4) is 0 Å². The van der Waals surface area contributed by atoms with Crippen LogP contribution in [0.4, 0.5) is 23.7 Å². The number of urea groups is 1. The van der Waals surface area contributed by atoms with Gasteiger partial charge in [-0.2, -0.15) is 13.2 Å². The second kappa shape index (κ2) is 9.62. The first-order valence-electron chi connectivity index (χ1n) is 9.82. The number of amides is 3. The first-order chi connectivity index (χ1) is 15.5. The number of hydrogen-bond donors (Lipinski definition) is 3. The van der Waals surface area contributed by atoms with Crippen LogP contribution >= 0.6 is 11.6 Å². The number of carbonyl (C=O) groups excluding carboxylic acids is 2. The summed E-state index contributed by atoms with van der Waals surface area (Å²) in [6.45, 7) is 3.60. The average molecular weight is 484 g/mol. The molecule has 3 rings (SSSR count). The van der Waals surface area contributed by atoms with Crippen LogP contribution in [0.25, 0.3) is 0 Å². The smallest absolute Gasteiger partial charge is 0.416 e. The van der Waals surface area contributed by atoms with Gasteiger partial charge in [-0.3, -0.25) is 4.79 Å². The van der Waals surface area contributed by atoms with Gasteiger partial charge in [-0.15, -0.1) is 0 Å². The normalized spacial score (nSPS) is 16.1. The van der Waals surface area contributed by atoms with Crippen LogP contribution in [0.15, 0.2) is 47.7 Å². The highest BCUT2D eigenvalue weighted by molar-refractivity contribution is 6.32. The molecule has 0 spiro atoms. The maximum Gasteiger partial charge on any atom is 0.416 e. The van der Waals surface area contributed by atoms with E-state index >= 15 is 0 Å². The number of rotatable bonds is 6. The number of ether oxygens (including phenoxy) is 2. The van der Waals surface area contributed by atoms with Crippen LogP contribution in [0.1, 0.15) is 31.0 Å². The highest BCUT2D eigenvalue weighted by Gasteiger charge is 2.33.